The zero-order valence-electron chi connectivity index (χ0n) is 11.3. The van der Waals surface area contributed by atoms with Gasteiger partial charge in [-0.25, -0.2) is 0 Å². The summed E-state index contributed by atoms with van der Waals surface area (Å²) < 4.78 is 41.2. The van der Waals surface area contributed by atoms with Crippen molar-refractivity contribution in [2.24, 2.45) is 5.92 Å². The predicted octanol–water partition coefficient (Wildman–Crippen LogP) is 3.16. The Kier molecular flexibility index (Phi) is 4.06. The highest BCUT2D eigenvalue weighted by molar-refractivity contribution is 7.86. The topological polar surface area (TPSA) is 43.4 Å². The molecule has 0 saturated carbocycles. The first-order valence-electron chi connectivity index (χ1n) is 7.03. The molecule has 2 aliphatic rings. The molecular formula is C15H16F2O3S. The molecule has 2 unspecified atom stereocenters. The van der Waals surface area contributed by atoms with Gasteiger partial charge in [0, 0.05) is 27.2 Å². The van der Waals surface area contributed by atoms with Crippen molar-refractivity contribution in [2.75, 3.05) is 0 Å². The number of fused-ring (bicyclic) bond motifs is 2. The number of hydrogen-bond donors (Lipinski definition) is 0. The van der Waals surface area contributed by atoms with Gasteiger partial charge in [-0.1, -0.05) is 12.1 Å². The third-order valence-electron chi connectivity index (χ3n) is 4.30. The Hall–Kier alpha value is -1.30. The average molecular weight is 314 g/mol. The van der Waals surface area contributed by atoms with E-state index in [1.54, 1.807) is 12.1 Å². The van der Waals surface area contributed by atoms with Crippen LogP contribution in [0, 0.1) is 5.92 Å². The first kappa shape index (κ1) is 14.6. The molecule has 21 heavy (non-hydrogen) atoms. The summed E-state index contributed by atoms with van der Waals surface area (Å²) in [5.74, 6) is -0.473. The molecular weight excluding hydrogens is 298 g/mol. The van der Waals surface area contributed by atoms with E-state index in [0.717, 1.165) is 12.8 Å². The van der Waals surface area contributed by atoms with Gasteiger partial charge in [0.2, 0.25) is 0 Å². The molecule has 0 amide bonds. The molecule has 6 heteroatoms. The maximum atomic E-state index is 12.6. The number of carbonyl (C=O) groups excluding carboxylic acids is 1. The molecule has 2 atom stereocenters. The van der Waals surface area contributed by atoms with Gasteiger partial charge in [0.05, 0.1) is 5.56 Å². The summed E-state index contributed by atoms with van der Waals surface area (Å²) in [5.41, 5.74) is 0.204. The van der Waals surface area contributed by atoms with E-state index in [-0.39, 0.29) is 33.5 Å². The standard InChI is InChI=1S/C15H16F2O3S/c16-15(17)20-13-4-2-1-3-12(13)14(18)9-7-10-5-6-11(8-9)21(10)19/h1-4,9-11,15H,5-8H2. The lowest BCUT2D eigenvalue weighted by Crippen LogP contribution is -2.32. The minimum Gasteiger partial charge on any atom is -0.434 e. The molecule has 114 valence electrons. The van der Waals surface area contributed by atoms with Crippen LogP contribution >= 0.6 is 0 Å². The smallest absolute Gasteiger partial charge is 0.387 e. The normalized spacial score (nSPS) is 31.4. The fourth-order valence-electron chi connectivity index (χ4n) is 3.34. The van der Waals surface area contributed by atoms with Crippen molar-refractivity contribution in [3.8, 4) is 5.75 Å². The Morgan fingerprint density at radius 1 is 1.19 bits per heavy atom. The zero-order valence-corrected chi connectivity index (χ0v) is 12.2. The van der Waals surface area contributed by atoms with Crippen LogP contribution in [0.1, 0.15) is 36.0 Å². The van der Waals surface area contributed by atoms with Crippen LogP contribution in [0.25, 0.3) is 0 Å². The van der Waals surface area contributed by atoms with E-state index in [0.29, 0.717) is 12.8 Å². The van der Waals surface area contributed by atoms with Gasteiger partial charge < -0.3 is 4.74 Å². The monoisotopic (exact) mass is 314 g/mol. The summed E-state index contributed by atoms with van der Waals surface area (Å²) >= 11 is 0. The van der Waals surface area contributed by atoms with Gasteiger partial charge in [0.25, 0.3) is 0 Å². The van der Waals surface area contributed by atoms with Crippen LogP contribution in [-0.4, -0.2) is 27.1 Å². The number of para-hydroxylation sites is 1. The number of benzene rings is 1. The van der Waals surface area contributed by atoms with Crippen LogP contribution in [0.15, 0.2) is 24.3 Å². The molecule has 2 fully saturated rings. The molecule has 0 radical (unpaired) electrons. The molecule has 2 aliphatic heterocycles. The van der Waals surface area contributed by atoms with E-state index in [1.807, 2.05) is 0 Å². The van der Waals surface area contributed by atoms with Crippen LogP contribution in [0.2, 0.25) is 0 Å². The molecule has 2 saturated heterocycles. The SMILES string of the molecule is O=C(c1ccccc1OC(F)F)C1CC2CCC(C1)S2=O. The van der Waals surface area contributed by atoms with Crippen molar-refractivity contribution in [3.63, 3.8) is 0 Å². The molecule has 0 aromatic heterocycles. The molecule has 3 nitrogen and oxygen atoms in total. The Bertz CT molecular complexity index is 560. The highest BCUT2D eigenvalue weighted by atomic mass is 32.2. The lowest BCUT2D eigenvalue weighted by Gasteiger charge is -2.26. The second kappa shape index (κ2) is 5.83. The number of ether oxygens (including phenoxy) is 1. The Morgan fingerprint density at radius 3 is 2.43 bits per heavy atom. The highest BCUT2D eigenvalue weighted by Crippen LogP contribution is 2.40. The molecule has 0 N–H and O–H groups in total. The van der Waals surface area contributed by atoms with Gasteiger partial charge >= 0.3 is 6.61 Å². The lowest BCUT2D eigenvalue weighted by atomic mass is 9.90. The van der Waals surface area contributed by atoms with Gasteiger partial charge in [-0.3, -0.25) is 9.00 Å². The first-order valence-corrected chi connectivity index (χ1v) is 8.31. The largest absolute Gasteiger partial charge is 0.434 e. The van der Waals surface area contributed by atoms with Crippen molar-refractivity contribution in [2.45, 2.75) is 42.8 Å². The van der Waals surface area contributed by atoms with Gasteiger partial charge in [0.15, 0.2) is 5.78 Å². The van der Waals surface area contributed by atoms with Crippen molar-refractivity contribution in [3.05, 3.63) is 29.8 Å². The van der Waals surface area contributed by atoms with Gasteiger partial charge in [-0.15, -0.1) is 0 Å². The molecule has 2 heterocycles. The van der Waals surface area contributed by atoms with E-state index >= 15 is 0 Å². The fourth-order valence-corrected chi connectivity index (χ4v) is 5.46. The number of ketones is 1. The minimum absolute atomic E-state index is 0.0726. The van der Waals surface area contributed by atoms with Gasteiger partial charge in [0.1, 0.15) is 5.75 Å². The number of carbonyl (C=O) groups is 1. The van der Waals surface area contributed by atoms with Crippen LogP contribution in [0.3, 0.4) is 0 Å². The summed E-state index contributed by atoms with van der Waals surface area (Å²) in [6.07, 6.45) is 2.97. The van der Waals surface area contributed by atoms with Crippen LogP contribution in [0.5, 0.6) is 5.75 Å². The van der Waals surface area contributed by atoms with Crippen LogP contribution in [0.4, 0.5) is 8.78 Å². The van der Waals surface area contributed by atoms with Crippen LogP contribution in [-0.2, 0) is 10.8 Å². The Labute approximate surface area is 124 Å². The molecule has 0 aliphatic carbocycles. The molecule has 1 aromatic rings. The third-order valence-corrected chi connectivity index (χ3v) is 6.47. The van der Waals surface area contributed by atoms with Crippen molar-refractivity contribution in [1.82, 2.24) is 0 Å². The van der Waals surface area contributed by atoms with Crippen molar-refractivity contribution >= 4 is 16.6 Å². The second-order valence-electron chi connectivity index (χ2n) is 5.56. The summed E-state index contributed by atoms with van der Waals surface area (Å²) in [5, 5.41) is 0.168. The molecule has 1 aromatic carbocycles. The predicted molar refractivity (Wildman–Crippen MR) is 75.1 cm³/mol. The second-order valence-corrected chi connectivity index (χ2v) is 7.55. The zero-order chi connectivity index (χ0) is 15.0. The molecule has 2 bridgehead atoms. The number of halogens is 2. The van der Waals surface area contributed by atoms with E-state index < -0.39 is 17.4 Å². The van der Waals surface area contributed by atoms with E-state index in [2.05, 4.69) is 4.74 Å². The van der Waals surface area contributed by atoms with Crippen molar-refractivity contribution in [1.29, 1.82) is 0 Å². The maximum absolute atomic E-state index is 12.6. The minimum atomic E-state index is -2.95. The summed E-state index contributed by atoms with van der Waals surface area (Å²) in [6, 6.07) is 6.11. The summed E-state index contributed by atoms with van der Waals surface area (Å²) in [7, 11) is -0.830. The number of Topliss-reactive ketones (excluding diaryl/α,β-unsaturated/α-hetero) is 1. The lowest BCUT2D eigenvalue weighted by molar-refractivity contribution is -0.0501. The van der Waals surface area contributed by atoms with E-state index in [9.17, 15) is 17.8 Å². The first-order chi connectivity index (χ1) is 10.1. The third kappa shape index (κ3) is 2.86. The summed E-state index contributed by atoms with van der Waals surface area (Å²) in [6.45, 7) is -2.95. The average Bonchev–Trinajstić information content (AvgIpc) is 2.68. The Morgan fingerprint density at radius 2 is 1.81 bits per heavy atom. The van der Waals surface area contributed by atoms with Gasteiger partial charge in [-0.05, 0) is 37.8 Å². The maximum Gasteiger partial charge on any atom is 0.387 e. The van der Waals surface area contributed by atoms with Crippen LogP contribution < -0.4 is 4.74 Å². The van der Waals surface area contributed by atoms with E-state index in [1.165, 1.54) is 12.1 Å². The van der Waals surface area contributed by atoms with Crippen molar-refractivity contribution < 1.29 is 22.5 Å². The summed E-state index contributed by atoms with van der Waals surface area (Å²) in [4.78, 5) is 12.6. The molecule has 0 spiro atoms. The van der Waals surface area contributed by atoms with Gasteiger partial charge in [-0.2, -0.15) is 8.78 Å². The number of hydrogen-bond acceptors (Lipinski definition) is 3. The van der Waals surface area contributed by atoms with E-state index in [4.69, 9.17) is 0 Å². The molecule has 3 rings (SSSR count). The number of alkyl halides is 2. The number of rotatable bonds is 4. The fraction of sp³-hybridized carbons (Fsp3) is 0.533. The highest BCUT2D eigenvalue weighted by Gasteiger charge is 2.43. The Balaban J connectivity index is 1.81. The quantitative estimate of drug-likeness (QED) is 0.802.